The van der Waals surface area contributed by atoms with Crippen molar-refractivity contribution >= 4 is 12.0 Å². The molecule has 122 valence electrons. The Morgan fingerprint density at radius 3 is 2.58 bits per heavy atom. The fourth-order valence-corrected chi connectivity index (χ4v) is 2.03. The number of ether oxygens (including phenoxy) is 1. The summed E-state index contributed by atoms with van der Waals surface area (Å²) in [6, 6.07) is 15.9. The maximum atomic E-state index is 11.1. The molecule has 0 saturated heterocycles. The monoisotopic (exact) mass is 322 g/mol. The quantitative estimate of drug-likeness (QED) is 0.667. The van der Waals surface area contributed by atoms with E-state index in [9.17, 15) is 10.0 Å². The van der Waals surface area contributed by atoms with Gasteiger partial charge in [-0.15, -0.1) is 0 Å². The first kappa shape index (κ1) is 17.3. The van der Waals surface area contributed by atoms with Crippen LogP contribution in [0.3, 0.4) is 0 Å². The number of carbonyl (C=O) groups is 1. The lowest BCUT2D eigenvalue weighted by molar-refractivity contribution is -0.167. The van der Waals surface area contributed by atoms with Crippen molar-refractivity contribution in [3.8, 4) is 17.6 Å². The Morgan fingerprint density at radius 2 is 1.96 bits per heavy atom. The molecule has 2 aromatic carbocycles. The molecule has 0 fully saturated rings. The molecule has 0 heterocycles. The third-order valence-corrected chi connectivity index (χ3v) is 3.35. The van der Waals surface area contributed by atoms with Crippen LogP contribution < -0.4 is 4.74 Å². The fourth-order valence-electron chi connectivity index (χ4n) is 2.03. The molecule has 0 aromatic heterocycles. The van der Waals surface area contributed by atoms with E-state index in [1.165, 1.54) is 6.92 Å². The molecular formula is C19H18N2O3. The molecule has 0 spiro atoms. The van der Waals surface area contributed by atoms with Gasteiger partial charge in [-0.2, -0.15) is 5.26 Å². The molecule has 1 unspecified atom stereocenters. The van der Waals surface area contributed by atoms with Crippen LogP contribution in [0.25, 0.3) is 6.08 Å². The van der Waals surface area contributed by atoms with E-state index in [0.717, 1.165) is 5.56 Å². The highest BCUT2D eigenvalue weighted by Gasteiger charge is 2.10. The van der Waals surface area contributed by atoms with Gasteiger partial charge in [0.1, 0.15) is 11.5 Å². The van der Waals surface area contributed by atoms with Gasteiger partial charge < -0.3 is 4.74 Å². The van der Waals surface area contributed by atoms with Crippen molar-refractivity contribution in [2.45, 2.75) is 19.9 Å². The molecule has 0 aliphatic heterocycles. The average molecular weight is 322 g/mol. The predicted molar refractivity (Wildman–Crippen MR) is 90.5 cm³/mol. The number of hydrogen-bond acceptors (Lipinski definition) is 4. The first-order valence-electron chi connectivity index (χ1n) is 7.44. The molecule has 2 rings (SSSR count). The van der Waals surface area contributed by atoms with Crippen molar-refractivity contribution in [3.63, 3.8) is 0 Å². The Labute approximate surface area is 141 Å². The molecule has 0 saturated carbocycles. The SMILES string of the molecule is CC(=O)N(O)C(C)C=Cc1cccc(Oc2ccc(C#N)cc2)c1. The summed E-state index contributed by atoms with van der Waals surface area (Å²) in [5.41, 5.74) is 1.46. The normalized spacial score (nSPS) is 11.8. The maximum absolute atomic E-state index is 11.1. The first-order chi connectivity index (χ1) is 11.5. The molecule has 2 aromatic rings. The van der Waals surface area contributed by atoms with Crippen LogP contribution in [0.1, 0.15) is 25.0 Å². The molecule has 0 radical (unpaired) electrons. The van der Waals surface area contributed by atoms with E-state index in [1.807, 2.05) is 30.3 Å². The van der Waals surface area contributed by atoms with Gasteiger partial charge in [0, 0.05) is 6.92 Å². The number of benzene rings is 2. The summed E-state index contributed by atoms with van der Waals surface area (Å²) < 4.78 is 5.75. The number of nitriles is 1. The summed E-state index contributed by atoms with van der Waals surface area (Å²) in [5, 5.41) is 19.0. The maximum Gasteiger partial charge on any atom is 0.243 e. The topological polar surface area (TPSA) is 73.6 Å². The second-order valence-corrected chi connectivity index (χ2v) is 5.27. The summed E-state index contributed by atoms with van der Waals surface area (Å²) in [7, 11) is 0. The van der Waals surface area contributed by atoms with Gasteiger partial charge in [-0.05, 0) is 48.9 Å². The molecule has 0 bridgehead atoms. The second-order valence-electron chi connectivity index (χ2n) is 5.27. The van der Waals surface area contributed by atoms with Crippen LogP contribution in [0, 0.1) is 11.3 Å². The number of hydrogen-bond donors (Lipinski definition) is 1. The molecular weight excluding hydrogens is 304 g/mol. The van der Waals surface area contributed by atoms with Crippen molar-refractivity contribution in [3.05, 3.63) is 65.7 Å². The van der Waals surface area contributed by atoms with Gasteiger partial charge in [0.15, 0.2) is 0 Å². The van der Waals surface area contributed by atoms with Crippen LogP contribution in [-0.4, -0.2) is 22.2 Å². The zero-order valence-electron chi connectivity index (χ0n) is 13.5. The van der Waals surface area contributed by atoms with Crippen molar-refractivity contribution in [1.29, 1.82) is 5.26 Å². The van der Waals surface area contributed by atoms with Gasteiger partial charge >= 0.3 is 0 Å². The lowest BCUT2D eigenvalue weighted by atomic mass is 10.1. The lowest BCUT2D eigenvalue weighted by Crippen LogP contribution is -2.32. The molecule has 5 heteroatoms. The van der Waals surface area contributed by atoms with E-state index in [4.69, 9.17) is 10.00 Å². The zero-order chi connectivity index (χ0) is 17.5. The van der Waals surface area contributed by atoms with Crippen molar-refractivity contribution in [2.75, 3.05) is 0 Å². The van der Waals surface area contributed by atoms with Crippen LogP contribution in [0.15, 0.2) is 54.6 Å². The summed E-state index contributed by atoms with van der Waals surface area (Å²) in [5.74, 6) is 0.883. The van der Waals surface area contributed by atoms with Gasteiger partial charge in [0.25, 0.3) is 0 Å². The van der Waals surface area contributed by atoms with E-state index in [2.05, 4.69) is 6.07 Å². The van der Waals surface area contributed by atoms with Gasteiger partial charge in [-0.3, -0.25) is 10.0 Å². The highest BCUT2D eigenvalue weighted by molar-refractivity contribution is 5.72. The largest absolute Gasteiger partial charge is 0.457 e. The van der Waals surface area contributed by atoms with Crippen molar-refractivity contribution in [1.82, 2.24) is 5.06 Å². The minimum atomic E-state index is -0.425. The minimum Gasteiger partial charge on any atom is -0.457 e. The second kappa shape index (κ2) is 7.95. The Bertz CT molecular complexity index is 776. The Balaban J connectivity index is 2.08. The fraction of sp³-hybridized carbons (Fsp3) is 0.158. The van der Waals surface area contributed by atoms with E-state index >= 15 is 0 Å². The Kier molecular flexibility index (Phi) is 5.72. The predicted octanol–water partition coefficient (Wildman–Crippen LogP) is 3.99. The molecule has 1 amide bonds. The molecule has 0 aliphatic rings. The number of carbonyl (C=O) groups excluding carboxylic acids is 1. The molecule has 1 atom stereocenters. The number of hydroxylamine groups is 2. The van der Waals surface area contributed by atoms with E-state index in [1.54, 1.807) is 37.3 Å². The zero-order valence-corrected chi connectivity index (χ0v) is 13.5. The molecule has 5 nitrogen and oxygen atoms in total. The standard InChI is InChI=1S/C19H18N2O3/c1-14(21(23)15(2)22)6-7-16-4-3-5-19(12-16)24-18-10-8-17(13-20)9-11-18/h3-12,14,23H,1-2H3. The number of amides is 1. The van der Waals surface area contributed by atoms with E-state index in [-0.39, 0.29) is 0 Å². The van der Waals surface area contributed by atoms with Gasteiger partial charge in [0.05, 0.1) is 17.7 Å². The summed E-state index contributed by atoms with van der Waals surface area (Å²) in [6.45, 7) is 3.02. The molecule has 0 aliphatic carbocycles. The van der Waals surface area contributed by atoms with Gasteiger partial charge in [0.2, 0.25) is 5.91 Å². The molecule has 1 N–H and O–H groups in total. The smallest absolute Gasteiger partial charge is 0.243 e. The van der Waals surface area contributed by atoms with Gasteiger partial charge in [-0.25, -0.2) is 5.06 Å². The number of nitrogens with zero attached hydrogens (tertiary/aromatic N) is 2. The Hall–Kier alpha value is -3.10. The van der Waals surface area contributed by atoms with Crippen LogP contribution in [0.5, 0.6) is 11.5 Å². The Morgan fingerprint density at radius 1 is 1.25 bits per heavy atom. The summed E-state index contributed by atoms with van der Waals surface area (Å²) in [6.07, 6.45) is 3.53. The number of rotatable bonds is 5. The highest BCUT2D eigenvalue weighted by Crippen LogP contribution is 2.23. The average Bonchev–Trinajstić information content (AvgIpc) is 2.60. The van der Waals surface area contributed by atoms with Crippen LogP contribution >= 0.6 is 0 Å². The third kappa shape index (κ3) is 4.70. The molecule has 24 heavy (non-hydrogen) atoms. The summed E-state index contributed by atoms with van der Waals surface area (Å²) in [4.78, 5) is 11.1. The first-order valence-corrected chi connectivity index (χ1v) is 7.44. The minimum absolute atomic E-state index is 0.412. The van der Waals surface area contributed by atoms with Crippen molar-refractivity contribution in [2.24, 2.45) is 0 Å². The third-order valence-electron chi connectivity index (χ3n) is 3.35. The van der Waals surface area contributed by atoms with E-state index in [0.29, 0.717) is 22.1 Å². The van der Waals surface area contributed by atoms with Crippen LogP contribution in [-0.2, 0) is 4.79 Å². The van der Waals surface area contributed by atoms with E-state index < -0.39 is 11.9 Å². The summed E-state index contributed by atoms with van der Waals surface area (Å²) >= 11 is 0. The van der Waals surface area contributed by atoms with Crippen molar-refractivity contribution < 1.29 is 14.7 Å². The highest BCUT2D eigenvalue weighted by atomic mass is 16.5. The van der Waals surface area contributed by atoms with Crippen LogP contribution in [0.2, 0.25) is 0 Å². The van der Waals surface area contributed by atoms with Gasteiger partial charge in [-0.1, -0.05) is 24.3 Å². The van der Waals surface area contributed by atoms with Crippen LogP contribution in [0.4, 0.5) is 0 Å². The lowest BCUT2D eigenvalue weighted by Gasteiger charge is -2.17.